The van der Waals surface area contributed by atoms with Gasteiger partial charge in [-0.2, -0.15) is 0 Å². The number of methoxy groups -OCH3 is 2. The zero-order chi connectivity index (χ0) is 24.1. The SMILES string of the molecule is COC(CN(C(=O)Cc1ccc(Cl)cc1)C1CC(=O)N(c2ccc(C(C)C)cc2)C1=O)OC. The monoisotopic (exact) mass is 472 g/mol. The van der Waals surface area contributed by atoms with E-state index in [1.54, 1.807) is 36.4 Å². The van der Waals surface area contributed by atoms with Crippen LogP contribution in [-0.2, 0) is 30.3 Å². The van der Waals surface area contributed by atoms with E-state index in [1.807, 2.05) is 12.1 Å². The molecular formula is C25H29ClN2O5. The van der Waals surface area contributed by atoms with E-state index in [4.69, 9.17) is 21.1 Å². The van der Waals surface area contributed by atoms with Crippen LogP contribution in [0.3, 0.4) is 0 Å². The van der Waals surface area contributed by atoms with Crippen molar-refractivity contribution in [1.82, 2.24) is 4.90 Å². The number of hydrogen-bond acceptors (Lipinski definition) is 5. The number of hydrogen-bond donors (Lipinski definition) is 0. The summed E-state index contributed by atoms with van der Waals surface area (Å²) in [5, 5.41) is 0.567. The van der Waals surface area contributed by atoms with Crippen molar-refractivity contribution >= 4 is 35.0 Å². The van der Waals surface area contributed by atoms with Crippen LogP contribution in [0.15, 0.2) is 48.5 Å². The summed E-state index contributed by atoms with van der Waals surface area (Å²) in [5.41, 5.74) is 2.35. The Bertz CT molecular complexity index is 987. The second-order valence-corrected chi connectivity index (χ2v) is 8.72. The minimum Gasteiger partial charge on any atom is -0.354 e. The third kappa shape index (κ3) is 5.79. The lowest BCUT2D eigenvalue weighted by molar-refractivity contribution is -0.152. The molecule has 7 nitrogen and oxygen atoms in total. The molecule has 0 spiro atoms. The van der Waals surface area contributed by atoms with Crippen LogP contribution >= 0.6 is 11.6 Å². The van der Waals surface area contributed by atoms with Gasteiger partial charge in [0.2, 0.25) is 11.8 Å². The molecule has 33 heavy (non-hydrogen) atoms. The number of halogens is 1. The molecule has 1 heterocycles. The van der Waals surface area contributed by atoms with Gasteiger partial charge in [0.1, 0.15) is 6.04 Å². The number of benzene rings is 2. The molecule has 1 saturated heterocycles. The number of anilines is 1. The van der Waals surface area contributed by atoms with E-state index in [1.165, 1.54) is 19.1 Å². The Morgan fingerprint density at radius 1 is 1.06 bits per heavy atom. The average Bonchev–Trinajstić information content (AvgIpc) is 3.09. The first-order chi connectivity index (χ1) is 15.7. The Hall–Kier alpha value is -2.74. The van der Waals surface area contributed by atoms with Gasteiger partial charge in [0, 0.05) is 19.2 Å². The van der Waals surface area contributed by atoms with Crippen LogP contribution in [0.5, 0.6) is 0 Å². The number of amides is 3. The average molecular weight is 473 g/mol. The molecule has 0 radical (unpaired) electrons. The molecule has 0 saturated carbocycles. The first-order valence-electron chi connectivity index (χ1n) is 10.8. The number of nitrogens with zero attached hydrogens (tertiary/aromatic N) is 2. The largest absolute Gasteiger partial charge is 0.354 e. The summed E-state index contributed by atoms with van der Waals surface area (Å²) < 4.78 is 10.5. The Morgan fingerprint density at radius 3 is 2.21 bits per heavy atom. The number of ether oxygens (including phenoxy) is 2. The Balaban J connectivity index is 1.86. The Morgan fingerprint density at radius 2 is 1.67 bits per heavy atom. The molecule has 1 fully saturated rings. The lowest BCUT2D eigenvalue weighted by Gasteiger charge is -2.30. The highest BCUT2D eigenvalue weighted by atomic mass is 35.5. The molecule has 3 rings (SSSR count). The van der Waals surface area contributed by atoms with Gasteiger partial charge in [-0.3, -0.25) is 14.4 Å². The fourth-order valence-corrected chi connectivity index (χ4v) is 3.95. The fourth-order valence-electron chi connectivity index (χ4n) is 3.83. The van der Waals surface area contributed by atoms with Gasteiger partial charge in [-0.05, 0) is 41.3 Å². The van der Waals surface area contributed by atoms with Crippen molar-refractivity contribution in [2.75, 3.05) is 25.7 Å². The minimum absolute atomic E-state index is 0.0171. The quantitative estimate of drug-likeness (QED) is 0.410. The standard InChI is InChI=1S/C25H29ClN2O5/c1-16(2)18-7-11-20(12-8-18)28-23(30)14-21(25(28)31)27(15-24(32-3)33-4)22(29)13-17-5-9-19(26)10-6-17/h5-12,16,21,24H,13-15H2,1-4H3. The summed E-state index contributed by atoms with van der Waals surface area (Å²) in [7, 11) is 2.92. The predicted molar refractivity (Wildman–Crippen MR) is 126 cm³/mol. The molecule has 1 aliphatic rings. The van der Waals surface area contributed by atoms with Gasteiger partial charge in [-0.1, -0.05) is 49.7 Å². The molecule has 2 aromatic carbocycles. The van der Waals surface area contributed by atoms with Crippen LogP contribution < -0.4 is 4.90 Å². The maximum absolute atomic E-state index is 13.3. The molecule has 1 atom stereocenters. The lowest BCUT2D eigenvalue weighted by atomic mass is 10.0. The van der Waals surface area contributed by atoms with Crippen molar-refractivity contribution in [3.63, 3.8) is 0 Å². The number of rotatable bonds is 9. The van der Waals surface area contributed by atoms with Crippen molar-refractivity contribution in [1.29, 1.82) is 0 Å². The molecule has 2 aromatic rings. The minimum atomic E-state index is -0.935. The normalized spacial score (nSPS) is 16.2. The molecule has 8 heteroatoms. The van der Waals surface area contributed by atoms with Crippen LogP contribution in [0.25, 0.3) is 0 Å². The van der Waals surface area contributed by atoms with Crippen molar-refractivity contribution in [2.45, 2.75) is 44.9 Å². The molecule has 0 aromatic heterocycles. The van der Waals surface area contributed by atoms with E-state index < -0.39 is 18.2 Å². The van der Waals surface area contributed by atoms with Crippen LogP contribution in [0, 0.1) is 0 Å². The molecular weight excluding hydrogens is 444 g/mol. The number of carbonyl (C=O) groups excluding carboxylic acids is 3. The highest BCUT2D eigenvalue weighted by Gasteiger charge is 2.44. The zero-order valence-electron chi connectivity index (χ0n) is 19.3. The van der Waals surface area contributed by atoms with Crippen molar-refractivity contribution < 1.29 is 23.9 Å². The fraction of sp³-hybridized carbons (Fsp3) is 0.400. The van der Waals surface area contributed by atoms with E-state index in [9.17, 15) is 14.4 Å². The van der Waals surface area contributed by atoms with Crippen molar-refractivity contribution in [3.05, 3.63) is 64.7 Å². The van der Waals surface area contributed by atoms with Gasteiger partial charge in [0.25, 0.3) is 5.91 Å². The van der Waals surface area contributed by atoms with Gasteiger partial charge in [0.15, 0.2) is 6.29 Å². The summed E-state index contributed by atoms with van der Waals surface area (Å²) in [6, 6.07) is 13.3. The third-order valence-electron chi connectivity index (χ3n) is 5.78. The van der Waals surface area contributed by atoms with Gasteiger partial charge >= 0.3 is 0 Å². The molecule has 3 amide bonds. The van der Waals surface area contributed by atoms with Crippen LogP contribution in [-0.4, -0.2) is 55.7 Å². The lowest BCUT2D eigenvalue weighted by Crippen LogP contribution is -2.49. The Labute approximate surface area is 199 Å². The summed E-state index contributed by atoms with van der Waals surface area (Å²) in [5.74, 6) is -0.761. The van der Waals surface area contributed by atoms with Gasteiger partial charge in [0.05, 0.1) is 25.1 Å². The number of carbonyl (C=O) groups is 3. The molecule has 176 valence electrons. The summed E-state index contributed by atoms with van der Waals surface area (Å²) >= 11 is 5.94. The Kier molecular flexibility index (Phi) is 8.24. The smallest absolute Gasteiger partial charge is 0.257 e. The zero-order valence-corrected chi connectivity index (χ0v) is 20.0. The van der Waals surface area contributed by atoms with Gasteiger partial charge in [-0.25, -0.2) is 4.90 Å². The van der Waals surface area contributed by atoms with Crippen molar-refractivity contribution in [2.24, 2.45) is 0 Å². The second-order valence-electron chi connectivity index (χ2n) is 8.28. The van der Waals surface area contributed by atoms with E-state index in [-0.39, 0.29) is 31.2 Å². The molecule has 0 aliphatic carbocycles. The van der Waals surface area contributed by atoms with Gasteiger partial charge < -0.3 is 14.4 Å². The highest BCUT2D eigenvalue weighted by Crippen LogP contribution is 2.28. The first kappa shape index (κ1) is 24.9. The predicted octanol–water partition coefficient (Wildman–Crippen LogP) is 3.79. The molecule has 0 bridgehead atoms. The maximum atomic E-state index is 13.3. The first-order valence-corrected chi connectivity index (χ1v) is 11.2. The van der Waals surface area contributed by atoms with Crippen LogP contribution in [0.4, 0.5) is 5.69 Å². The summed E-state index contributed by atoms with van der Waals surface area (Å²) in [6.45, 7) is 4.16. The molecule has 0 N–H and O–H groups in total. The van der Waals surface area contributed by atoms with E-state index in [0.29, 0.717) is 16.6 Å². The van der Waals surface area contributed by atoms with Gasteiger partial charge in [-0.15, -0.1) is 0 Å². The number of imide groups is 1. The highest BCUT2D eigenvalue weighted by molar-refractivity contribution is 6.30. The second kappa shape index (κ2) is 10.9. The third-order valence-corrected chi connectivity index (χ3v) is 6.03. The molecule has 1 unspecified atom stereocenters. The van der Waals surface area contributed by atoms with E-state index >= 15 is 0 Å². The molecule has 1 aliphatic heterocycles. The van der Waals surface area contributed by atoms with Crippen molar-refractivity contribution in [3.8, 4) is 0 Å². The topological polar surface area (TPSA) is 76.2 Å². The summed E-state index contributed by atoms with van der Waals surface area (Å²) in [4.78, 5) is 42.0. The maximum Gasteiger partial charge on any atom is 0.257 e. The van der Waals surface area contributed by atoms with E-state index in [2.05, 4.69) is 13.8 Å². The summed E-state index contributed by atoms with van der Waals surface area (Å²) in [6.07, 6.45) is -0.781. The van der Waals surface area contributed by atoms with Crippen LogP contribution in [0.2, 0.25) is 5.02 Å². The van der Waals surface area contributed by atoms with E-state index in [0.717, 1.165) is 16.0 Å². The van der Waals surface area contributed by atoms with Crippen LogP contribution in [0.1, 0.15) is 37.3 Å².